The van der Waals surface area contributed by atoms with Gasteiger partial charge in [-0.1, -0.05) is 42.5 Å². The van der Waals surface area contributed by atoms with Gasteiger partial charge in [0.05, 0.1) is 0 Å². The van der Waals surface area contributed by atoms with E-state index in [0.29, 0.717) is 0 Å². The molecule has 0 aliphatic heterocycles. The minimum Gasteiger partial charge on any atom is -0.205 e. The summed E-state index contributed by atoms with van der Waals surface area (Å²) in [5, 5.41) is 0. The molecule has 0 spiro atoms. The summed E-state index contributed by atoms with van der Waals surface area (Å²) in [5.41, 5.74) is 4.83. The van der Waals surface area contributed by atoms with Crippen molar-refractivity contribution < 1.29 is 9.13 Å². The van der Waals surface area contributed by atoms with Crippen molar-refractivity contribution in [3.05, 3.63) is 95.6 Å². The molecule has 1 aromatic carbocycles. The van der Waals surface area contributed by atoms with E-state index in [2.05, 4.69) is 121 Å². The van der Waals surface area contributed by atoms with Crippen molar-refractivity contribution >= 4 is 24.3 Å². The Balaban J connectivity index is 1.70. The number of aromatic nitrogens is 2. The van der Waals surface area contributed by atoms with Crippen LogP contribution in [0.1, 0.15) is 36.1 Å². The minimum atomic E-state index is 0.998. The third-order valence-corrected chi connectivity index (χ3v) is 4.41. The number of hydrogen-bond acceptors (Lipinski definition) is 0. The normalized spacial score (nSPS) is 11.5. The van der Waals surface area contributed by atoms with Crippen LogP contribution in [0.5, 0.6) is 0 Å². The van der Waals surface area contributed by atoms with E-state index < -0.39 is 0 Å². The first-order valence-corrected chi connectivity index (χ1v) is 9.21. The van der Waals surface area contributed by atoms with E-state index in [4.69, 9.17) is 0 Å². The molecule has 3 aromatic rings. The molecule has 130 valence electrons. The predicted octanol–water partition coefficient (Wildman–Crippen LogP) is 4.64. The second-order valence-electron chi connectivity index (χ2n) is 6.26. The van der Waals surface area contributed by atoms with Gasteiger partial charge in [0.15, 0.2) is 24.8 Å². The van der Waals surface area contributed by atoms with Crippen molar-refractivity contribution in [1.82, 2.24) is 0 Å². The van der Waals surface area contributed by atoms with Crippen molar-refractivity contribution in [3.8, 4) is 0 Å². The highest BCUT2D eigenvalue weighted by molar-refractivity contribution is 5.73. The second kappa shape index (κ2) is 8.91. The van der Waals surface area contributed by atoms with Crippen LogP contribution in [0.15, 0.2) is 73.3 Å². The first kappa shape index (κ1) is 17.8. The molecule has 3 rings (SSSR count). The zero-order chi connectivity index (χ0) is 18.2. The summed E-state index contributed by atoms with van der Waals surface area (Å²) in [6.45, 7) is 6.29. The van der Waals surface area contributed by atoms with Crippen LogP contribution in [0.4, 0.5) is 0 Å². The lowest BCUT2D eigenvalue weighted by Crippen LogP contribution is -2.30. The fraction of sp³-hybridized carbons (Fsp3) is 0.167. The number of rotatable bonds is 6. The number of nitrogens with zero attached hydrogens (tertiary/aromatic N) is 2. The molecule has 0 aliphatic carbocycles. The van der Waals surface area contributed by atoms with Gasteiger partial charge in [0.1, 0.15) is 13.1 Å². The number of hydrogen-bond donors (Lipinski definition) is 0. The van der Waals surface area contributed by atoms with Gasteiger partial charge in [0.2, 0.25) is 0 Å². The molecule has 0 saturated heterocycles. The van der Waals surface area contributed by atoms with Crippen LogP contribution < -0.4 is 9.13 Å². The standard InChI is InChI=1S/C24H26N2/c1-3-25-16-12-21(13-17-25)8-10-23-6-5-7-24(20-23)11-9-22-14-18-26(4-2)19-15-22/h5-20H,3-4H2,1-2H3/q+2/b10-8+,11-9+. The molecule has 0 atom stereocenters. The van der Waals surface area contributed by atoms with Gasteiger partial charge in [-0.05, 0) is 42.2 Å². The minimum absolute atomic E-state index is 0.998. The molecule has 0 amide bonds. The molecule has 0 N–H and O–H groups in total. The topological polar surface area (TPSA) is 7.76 Å². The molecule has 2 nitrogen and oxygen atoms in total. The summed E-state index contributed by atoms with van der Waals surface area (Å²) in [6, 6.07) is 17.1. The van der Waals surface area contributed by atoms with Crippen molar-refractivity contribution in [1.29, 1.82) is 0 Å². The summed E-state index contributed by atoms with van der Waals surface area (Å²) in [5.74, 6) is 0. The van der Waals surface area contributed by atoms with Crippen LogP contribution in [0.25, 0.3) is 24.3 Å². The largest absolute Gasteiger partial charge is 0.205 e. The van der Waals surface area contributed by atoms with E-state index in [1.165, 1.54) is 22.3 Å². The third-order valence-electron chi connectivity index (χ3n) is 4.41. The molecular formula is C24H26N2+2. The van der Waals surface area contributed by atoms with Crippen molar-refractivity contribution in [2.75, 3.05) is 0 Å². The average Bonchev–Trinajstić information content (AvgIpc) is 2.72. The highest BCUT2D eigenvalue weighted by atomic mass is 14.9. The van der Waals surface area contributed by atoms with E-state index in [9.17, 15) is 0 Å². The first-order valence-electron chi connectivity index (χ1n) is 9.21. The van der Waals surface area contributed by atoms with Crippen molar-refractivity contribution in [2.24, 2.45) is 0 Å². The Labute approximate surface area is 156 Å². The molecule has 0 bridgehead atoms. The summed E-state index contributed by atoms with van der Waals surface area (Å²) in [4.78, 5) is 0. The van der Waals surface area contributed by atoms with E-state index >= 15 is 0 Å². The molecular weight excluding hydrogens is 316 g/mol. The van der Waals surface area contributed by atoms with Crippen LogP contribution >= 0.6 is 0 Å². The zero-order valence-electron chi connectivity index (χ0n) is 15.5. The smallest absolute Gasteiger partial charge is 0.169 e. The maximum atomic E-state index is 2.21. The SMILES string of the molecule is CC[n+]1ccc(/C=C/c2cccc(/C=C/c3cc[n+](CC)cc3)c2)cc1. The Morgan fingerprint density at radius 2 is 0.962 bits per heavy atom. The van der Waals surface area contributed by atoms with Gasteiger partial charge in [-0.25, -0.2) is 9.13 Å². The van der Waals surface area contributed by atoms with Crippen LogP contribution in [-0.2, 0) is 13.1 Å². The van der Waals surface area contributed by atoms with E-state index in [0.717, 1.165) is 13.1 Å². The lowest BCUT2D eigenvalue weighted by atomic mass is 10.1. The number of aryl methyl sites for hydroxylation is 2. The van der Waals surface area contributed by atoms with Gasteiger partial charge in [-0.2, -0.15) is 0 Å². The Morgan fingerprint density at radius 3 is 1.35 bits per heavy atom. The quantitative estimate of drug-likeness (QED) is 0.577. The molecule has 26 heavy (non-hydrogen) atoms. The molecule has 0 unspecified atom stereocenters. The maximum absolute atomic E-state index is 2.21. The van der Waals surface area contributed by atoms with E-state index in [-0.39, 0.29) is 0 Å². The highest BCUT2D eigenvalue weighted by Gasteiger charge is 1.97. The number of pyridine rings is 2. The molecule has 2 aromatic heterocycles. The molecule has 0 radical (unpaired) electrons. The highest BCUT2D eigenvalue weighted by Crippen LogP contribution is 2.12. The Bertz CT molecular complexity index is 816. The molecule has 0 fully saturated rings. The van der Waals surface area contributed by atoms with Gasteiger partial charge in [0, 0.05) is 24.3 Å². The Hall–Kier alpha value is -3.00. The Morgan fingerprint density at radius 1 is 0.577 bits per heavy atom. The van der Waals surface area contributed by atoms with E-state index in [1.54, 1.807) is 0 Å². The van der Waals surface area contributed by atoms with Crippen molar-refractivity contribution in [2.45, 2.75) is 26.9 Å². The fourth-order valence-corrected chi connectivity index (χ4v) is 2.73. The van der Waals surface area contributed by atoms with Gasteiger partial charge < -0.3 is 0 Å². The predicted molar refractivity (Wildman–Crippen MR) is 109 cm³/mol. The second-order valence-corrected chi connectivity index (χ2v) is 6.26. The van der Waals surface area contributed by atoms with Crippen LogP contribution in [-0.4, -0.2) is 0 Å². The third kappa shape index (κ3) is 5.00. The van der Waals surface area contributed by atoms with Gasteiger partial charge >= 0.3 is 0 Å². The van der Waals surface area contributed by atoms with Crippen LogP contribution in [0.2, 0.25) is 0 Å². The van der Waals surface area contributed by atoms with Crippen LogP contribution in [0, 0.1) is 0 Å². The summed E-state index contributed by atoms with van der Waals surface area (Å²) in [7, 11) is 0. The molecule has 2 heterocycles. The summed E-state index contributed by atoms with van der Waals surface area (Å²) in [6.07, 6.45) is 17.1. The van der Waals surface area contributed by atoms with Gasteiger partial charge in [-0.15, -0.1) is 0 Å². The van der Waals surface area contributed by atoms with Gasteiger partial charge in [-0.3, -0.25) is 0 Å². The molecule has 0 saturated carbocycles. The summed E-state index contributed by atoms with van der Waals surface area (Å²) < 4.78 is 4.32. The molecule has 2 heteroatoms. The number of benzene rings is 1. The first-order chi connectivity index (χ1) is 12.8. The Kier molecular flexibility index (Phi) is 6.10. The monoisotopic (exact) mass is 342 g/mol. The van der Waals surface area contributed by atoms with Crippen molar-refractivity contribution in [3.63, 3.8) is 0 Å². The fourth-order valence-electron chi connectivity index (χ4n) is 2.73. The lowest BCUT2D eigenvalue weighted by molar-refractivity contribution is -0.693. The zero-order valence-corrected chi connectivity index (χ0v) is 15.5. The van der Waals surface area contributed by atoms with Crippen LogP contribution in [0.3, 0.4) is 0 Å². The van der Waals surface area contributed by atoms with Gasteiger partial charge in [0.25, 0.3) is 0 Å². The lowest BCUT2D eigenvalue weighted by Gasteiger charge is -1.98. The molecule has 0 aliphatic rings. The average molecular weight is 342 g/mol. The van der Waals surface area contributed by atoms with E-state index in [1.807, 2.05) is 0 Å². The summed E-state index contributed by atoms with van der Waals surface area (Å²) >= 11 is 0. The maximum Gasteiger partial charge on any atom is 0.169 e.